The van der Waals surface area contributed by atoms with E-state index in [0.29, 0.717) is 10.6 Å². The van der Waals surface area contributed by atoms with E-state index in [4.69, 9.17) is 23.2 Å². The Morgan fingerprint density at radius 1 is 1.16 bits per heavy atom. The molecule has 0 aliphatic rings. The van der Waals surface area contributed by atoms with Crippen LogP contribution in [0.15, 0.2) is 48.5 Å². The van der Waals surface area contributed by atoms with E-state index < -0.39 is 27.1 Å². The highest BCUT2D eigenvalue weighted by Gasteiger charge is 2.36. The Balaban J connectivity index is 2.10. The van der Waals surface area contributed by atoms with E-state index in [1.807, 2.05) is 0 Å². The maximum absolute atomic E-state index is 12.3. The van der Waals surface area contributed by atoms with Gasteiger partial charge in [0.05, 0.1) is 22.2 Å². The monoisotopic (exact) mass is 401 g/mol. The highest BCUT2D eigenvalue weighted by atomic mass is 35.5. The quantitative estimate of drug-likeness (QED) is 0.777. The first kappa shape index (κ1) is 19.7. The lowest BCUT2D eigenvalue weighted by Gasteiger charge is -2.22. The van der Waals surface area contributed by atoms with Crippen LogP contribution in [-0.2, 0) is 20.4 Å². The first-order valence-electron chi connectivity index (χ1n) is 7.32. The van der Waals surface area contributed by atoms with Crippen molar-refractivity contribution in [2.75, 3.05) is 11.1 Å². The number of carbonyl (C=O) groups excluding carboxylic acids is 1. The van der Waals surface area contributed by atoms with E-state index in [1.54, 1.807) is 30.3 Å². The maximum atomic E-state index is 12.3. The van der Waals surface area contributed by atoms with Gasteiger partial charge in [-0.1, -0.05) is 53.5 Å². The summed E-state index contributed by atoms with van der Waals surface area (Å²) in [6, 6.07) is 13.0. The van der Waals surface area contributed by atoms with Crippen molar-refractivity contribution in [2.24, 2.45) is 0 Å². The Morgan fingerprint density at radius 3 is 2.40 bits per heavy atom. The molecule has 1 atom stereocenters. The van der Waals surface area contributed by atoms with E-state index >= 15 is 0 Å². The number of hydrogen-bond acceptors (Lipinski definition) is 4. The second-order valence-electron chi connectivity index (χ2n) is 5.87. The number of carbonyl (C=O) groups is 1. The van der Waals surface area contributed by atoms with Crippen LogP contribution >= 0.6 is 23.2 Å². The third kappa shape index (κ3) is 5.71. The van der Waals surface area contributed by atoms with Crippen molar-refractivity contribution in [2.45, 2.75) is 18.3 Å². The lowest BCUT2D eigenvalue weighted by atomic mass is 10.1. The highest BCUT2D eigenvalue weighted by Crippen LogP contribution is 2.26. The van der Waals surface area contributed by atoms with Gasteiger partial charge < -0.3 is 10.4 Å². The Bertz CT molecular complexity index is 867. The normalized spacial score (nSPS) is 13.9. The molecule has 0 aliphatic carbocycles. The number of amides is 1. The predicted molar refractivity (Wildman–Crippen MR) is 99.6 cm³/mol. The minimum absolute atomic E-state index is 0.184. The molecule has 2 aromatic carbocycles. The average molecular weight is 402 g/mol. The van der Waals surface area contributed by atoms with Crippen molar-refractivity contribution in [1.82, 2.24) is 0 Å². The molecule has 0 radical (unpaired) electrons. The number of hydrogen-bond donors (Lipinski definition) is 2. The number of rotatable bonds is 6. The smallest absolute Gasteiger partial charge is 0.257 e. The zero-order chi connectivity index (χ0) is 18.7. The lowest BCUT2D eigenvalue weighted by molar-refractivity contribution is -0.130. The zero-order valence-corrected chi connectivity index (χ0v) is 15.7. The van der Waals surface area contributed by atoms with Crippen molar-refractivity contribution in [3.8, 4) is 0 Å². The van der Waals surface area contributed by atoms with E-state index in [0.717, 1.165) is 6.92 Å². The number of anilines is 1. The molecule has 2 N–H and O–H groups in total. The molecule has 2 aromatic rings. The molecule has 0 heterocycles. The Kier molecular flexibility index (Phi) is 6.11. The largest absolute Gasteiger partial charge is 0.379 e. The fourth-order valence-corrected chi connectivity index (χ4v) is 4.47. The summed E-state index contributed by atoms with van der Waals surface area (Å²) in [6.45, 7) is 1.15. The van der Waals surface area contributed by atoms with Gasteiger partial charge >= 0.3 is 0 Å². The topological polar surface area (TPSA) is 83.5 Å². The molecule has 0 spiro atoms. The van der Waals surface area contributed by atoms with Gasteiger partial charge in [0.1, 0.15) is 0 Å². The van der Waals surface area contributed by atoms with E-state index in [1.165, 1.54) is 18.2 Å². The van der Waals surface area contributed by atoms with Crippen LogP contribution in [0, 0.1) is 0 Å². The zero-order valence-electron chi connectivity index (χ0n) is 13.4. The van der Waals surface area contributed by atoms with Gasteiger partial charge in [0, 0.05) is 5.02 Å². The SMILES string of the molecule is C[C@](O)(CS(=O)(=O)Cc1ccccc1)C(=O)Nc1ccc(Cl)cc1Cl. The third-order valence-corrected chi connectivity index (χ3v) is 5.72. The number of sulfone groups is 1. The van der Waals surface area contributed by atoms with Gasteiger partial charge in [0.15, 0.2) is 15.4 Å². The predicted octanol–water partition coefficient (Wildman–Crippen LogP) is 3.30. The average Bonchev–Trinajstić information content (AvgIpc) is 2.49. The van der Waals surface area contributed by atoms with Gasteiger partial charge in [-0.25, -0.2) is 8.42 Å². The Labute approximate surface area is 156 Å². The van der Waals surface area contributed by atoms with Gasteiger partial charge in [-0.2, -0.15) is 0 Å². The molecule has 0 bridgehead atoms. The number of aliphatic hydroxyl groups is 1. The number of halogens is 2. The standard InChI is InChI=1S/C17H17Cl2NO4S/c1-17(22,11-25(23,24)10-12-5-3-2-4-6-12)16(21)20-15-8-7-13(18)9-14(15)19/h2-9,22H,10-11H2,1H3,(H,20,21)/t17-/m0/s1. The van der Waals surface area contributed by atoms with Crippen LogP contribution in [0.1, 0.15) is 12.5 Å². The second kappa shape index (κ2) is 7.74. The molecule has 2 rings (SSSR count). The summed E-state index contributed by atoms with van der Waals surface area (Å²) in [5.41, 5.74) is -1.30. The van der Waals surface area contributed by atoms with Crippen molar-refractivity contribution in [1.29, 1.82) is 0 Å². The van der Waals surface area contributed by atoms with Crippen LogP contribution in [0.4, 0.5) is 5.69 Å². The van der Waals surface area contributed by atoms with Crippen LogP contribution in [0.2, 0.25) is 10.0 Å². The molecule has 134 valence electrons. The highest BCUT2D eigenvalue weighted by molar-refractivity contribution is 7.90. The molecule has 0 fully saturated rings. The molecule has 0 saturated carbocycles. The van der Waals surface area contributed by atoms with E-state index in [-0.39, 0.29) is 16.5 Å². The number of nitrogens with one attached hydrogen (secondary N) is 1. The Hall–Kier alpha value is -1.60. The minimum Gasteiger partial charge on any atom is -0.379 e. The molecule has 0 saturated heterocycles. The van der Waals surface area contributed by atoms with Crippen LogP contribution < -0.4 is 5.32 Å². The summed E-state index contributed by atoms with van der Waals surface area (Å²) >= 11 is 11.7. The van der Waals surface area contributed by atoms with Gasteiger partial charge in [0.2, 0.25) is 0 Å². The van der Waals surface area contributed by atoms with Crippen molar-refractivity contribution < 1.29 is 18.3 Å². The summed E-state index contributed by atoms with van der Waals surface area (Å²) in [5, 5.41) is 13.3. The molecular weight excluding hydrogens is 385 g/mol. The van der Waals surface area contributed by atoms with Gasteiger partial charge in [-0.3, -0.25) is 4.79 Å². The van der Waals surface area contributed by atoms with Gasteiger partial charge in [-0.15, -0.1) is 0 Å². The second-order valence-corrected chi connectivity index (χ2v) is 8.78. The van der Waals surface area contributed by atoms with Crippen LogP contribution in [0.25, 0.3) is 0 Å². The van der Waals surface area contributed by atoms with Crippen molar-refractivity contribution >= 4 is 44.6 Å². The maximum Gasteiger partial charge on any atom is 0.257 e. The summed E-state index contributed by atoms with van der Waals surface area (Å²) in [5.74, 6) is -1.85. The van der Waals surface area contributed by atoms with Crippen molar-refractivity contribution in [3.05, 3.63) is 64.1 Å². The molecule has 0 unspecified atom stereocenters. The fraction of sp³-hybridized carbons (Fsp3) is 0.235. The van der Waals surface area contributed by atoms with Crippen molar-refractivity contribution in [3.63, 3.8) is 0 Å². The van der Waals surface area contributed by atoms with Gasteiger partial charge in [0.25, 0.3) is 5.91 Å². The van der Waals surface area contributed by atoms with E-state index in [9.17, 15) is 18.3 Å². The lowest BCUT2D eigenvalue weighted by Crippen LogP contribution is -2.46. The first-order chi connectivity index (χ1) is 11.6. The summed E-state index contributed by atoms with van der Waals surface area (Å²) in [7, 11) is -3.71. The van der Waals surface area contributed by atoms with Crippen LogP contribution in [0.3, 0.4) is 0 Å². The number of benzene rings is 2. The molecule has 1 amide bonds. The molecule has 25 heavy (non-hydrogen) atoms. The van der Waals surface area contributed by atoms with Crippen LogP contribution in [0.5, 0.6) is 0 Å². The minimum atomic E-state index is -3.71. The summed E-state index contributed by atoms with van der Waals surface area (Å²) in [6.07, 6.45) is 0. The van der Waals surface area contributed by atoms with Crippen LogP contribution in [-0.4, -0.2) is 30.8 Å². The molecule has 5 nitrogen and oxygen atoms in total. The molecule has 0 aliphatic heterocycles. The first-order valence-corrected chi connectivity index (χ1v) is 9.90. The Morgan fingerprint density at radius 2 is 1.80 bits per heavy atom. The summed E-state index contributed by atoms with van der Waals surface area (Å²) < 4.78 is 24.6. The third-order valence-electron chi connectivity index (χ3n) is 3.40. The molecule has 8 heteroatoms. The molecule has 0 aromatic heterocycles. The molecular formula is C17H17Cl2NO4S. The fourth-order valence-electron chi connectivity index (χ4n) is 2.22. The summed E-state index contributed by atoms with van der Waals surface area (Å²) in [4.78, 5) is 12.3. The van der Waals surface area contributed by atoms with Gasteiger partial charge in [-0.05, 0) is 30.7 Å². The van der Waals surface area contributed by atoms with E-state index in [2.05, 4.69) is 5.32 Å².